The highest BCUT2D eigenvalue weighted by Gasteiger charge is 2.22. The summed E-state index contributed by atoms with van der Waals surface area (Å²) in [4.78, 5) is 19.1. The Labute approximate surface area is 167 Å². The van der Waals surface area contributed by atoms with E-state index in [2.05, 4.69) is 29.0 Å². The number of carbonyl (C=O) groups is 1. The van der Waals surface area contributed by atoms with E-state index in [-0.39, 0.29) is 24.5 Å². The molecule has 1 aromatic heterocycles. The van der Waals surface area contributed by atoms with Crippen molar-refractivity contribution in [1.82, 2.24) is 9.88 Å². The number of anilines is 1. The van der Waals surface area contributed by atoms with E-state index in [1.165, 1.54) is 11.3 Å². The van der Waals surface area contributed by atoms with Crippen LogP contribution in [0.5, 0.6) is 0 Å². The van der Waals surface area contributed by atoms with Crippen molar-refractivity contribution in [3.05, 3.63) is 44.9 Å². The number of amides is 1. The molecule has 5 nitrogen and oxygen atoms in total. The van der Waals surface area contributed by atoms with E-state index in [1.54, 1.807) is 18.2 Å². The third kappa shape index (κ3) is 5.41. The van der Waals surface area contributed by atoms with Crippen LogP contribution in [0.25, 0.3) is 0 Å². The van der Waals surface area contributed by atoms with Gasteiger partial charge in [-0.2, -0.15) is 0 Å². The molecule has 0 bridgehead atoms. The Balaban J connectivity index is 1.54. The highest BCUT2D eigenvalue weighted by atomic mass is 35.5. The molecular formula is C18H21Cl2N3O2S. The summed E-state index contributed by atoms with van der Waals surface area (Å²) in [5.41, 5.74) is 1.77. The van der Waals surface area contributed by atoms with Crippen LogP contribution in [0.15, 0.2) is 23.6 Å². The maximum atomic E-state index is 12.2. The van der Waals surface area contributed by atoms with Gasteiger partial charge in [-0.05, 0) is 31.5 Å². The predicted molar refractivity (Wildman–Crippen MR) is 106 cm³/mol. The van der Waals surface area contributed by atoms with Crippen LogP contribution in [-0.4, -0.2) is 41.1 Å². The van der Waals surface area contributed by atoms with Gasteiger partial charge < -0.3 is 10.1 Å². The molecule has 2 heterocycles. The lowest BCUT2D eigenvalue weighted by molar-refractivity contribution is -0.115. The molecule has 2 atom stereocenters. The second kappa shape index (κ2) is 8.67. The van der Waals surface area contributed by atoms with Crippen LogP contribution in [0.2, 0.25) is 10.0 Å². The van der Waals surface area contributed by atoms with Crippen molar-refractivity contribution >= 4 is 45.6 Å². The number of morpholine rings is 1. The summed E-state index contributed by atoms with van der Waals surface area (Å²) in [5.74, 6) is -0.127. The first-order valence-electron chi connectivity index (χ1n) is 8.45. The van der Waals surface area contributed by atoms with Crippen molar-refractivity contribution in [3.63, 3.8) is 0 Å². The van der Waals surface area contributed by atoms with Gasteiger partial charge in [0.1, 0.15) is 0 Å². The molecule has 3 rings (SSSR count). The number of halogens is 2. The van der Waals surface area contributed by atoms with Gasteiger partial charge in [0.15, 0.2) is 5.13 Å². The zero-order chi connectivity index (χ0) is 18.7. The summed E-state index contributed by atoms with van der Waals surface area (Å²) >= 11 is 13.3. The number of benzene rings is 1. The first kappa shape index (κ1) is 19.6. The Morgan fingerprint density at radius 1 is 1.31 bits per heavy atom. The summed E-state index contributed by atoms with van der Waals surface area (Å²) in [6.45, 7) is 6.70. The number of carbonyl (C=O) groups excluding carboxylic acids is 1. The molecule has 0 spiro atoms. The van der Waals surface area contributed by atoms with Crippen LogP contribution in [0.1, 0.15) is 25.1 Å². The van der Waals surface area contributed by atoms with Crippen molar-refractivity contribution in [2.24, 2.45) is 0 Å². The second-order valence-electron chi connectivity index (χ2n) is 6.57. The molecule has 26 heavy (non-hydrogen) atoms. The third-order valence-corrected chi connectivity index (χ3v) is 5.57. The minimum absolute atomic E-state index is 0.127. The van der Waals surface area contributed by atoms with Gasteiger partial charge in [0, 0.05) is 25.0 Å². The fourth-order valence-electron chi connectivity index (χ4n) is 3.08. The molecule has 140 valence electrons. The van der Waals surface area contributed by atoms with Crippen LogP contribution in [0.4, 0.5) is 5.13 Å². The minimum atomic E-state index is -0.127. The highest BCUT2D eigenvalue weighted by molar-refractivity contribution is 7.13. The standard InChI is InChI=1S/C18H21Cl2N3O2S/c1-11-7-23(8-12(2)25-11)9-14-10-26-18(21-14)22-17(24)6-13-3-4-15(19)16(20)5-13/h3-5,10-12H,6-9H2,1-2H3,(H,21,22,24)/t11-,12+. The number of rotatable bonds is 5. The lowest BCUT2D eigenvalue weighted by Crippen LogP contribution is -2.44. The van der Waals surface area contributed by atoms with E-state index in [0.29, 0.717) is 15.2 Å². The van der Waals surface area contributed by atoms with Crippen molar-refractivity contribution in [2.75, 3.05) is 18.4 Å². The Bertz CT molecular complexity index is 774. The summed E-state index contributed by atoms with van der Waals surface area (Å²) in [7, 11) is 0. The fraction of sp³-hybridized carbons (Fsp3) is 0.444. The van der Waals surface area contributed by atoms with Gasteiger partial charge in [-0.3, -0.25) is 9.69 Å². The molecule has 1 amide bonds. The number of hydrogen-bond donors (Lipinski definition) is 1. The number of nitrogens with zero attached hydrogens (tertiary/aromatic N) is 2. The monoisotopic (exact) mass is 413 g/mol. The summed E-state index contributed by atoms with van der Waals surface area (Å²) in [5, 5.41) is 6.37. The molecule has 1 saturated heterocycles. The molecule has 8 heteroatoms. The highest BCUT2D eigenvalue weighted by Crippen LogP contribution is 2.23. The van der Waals surface area contributed by atoms with E-state index in [1.807, 2.05) is 5.38 Å². The number of ether oxygens (including phenoxy) is 1. The van der Waals surface area contributed by atoms with Crippen LogP contribution in [-0.2, 0) is 22.5 Å². The lowest BCUT2D eigenvalue weighted by Gasteiger charge is -2.34. The zero-order valence-electron chi connectivity index (χ0n) is 14.7. The van der Waals surface area contributed by atoms with Crippen molar-refractivity contribution in [1.29, 1.82) is 0 Å². The van der Waals surface area contributed by atoms with Crippen LogP contribution in [0, 0.1) is 0 Å². The molecule has 1 aliphatic rings. The second-order valence-corrected chi connectivity index (χ2v) is 8.24. The third-order valence-electron chi connectivity index (χ3n) is 4.03. The van der Waals surface area contributed by atoms with Crippen LogP contribution < -0.4 is 5.32 Å². The zero-order valence-corrected chi connectivity index (χ0v) is 17.0. The molecule has 1 aliphatic heterocycles. The molecule has 2 aromatic rings. The van der Waals surface area contributed by atoms with Gasteiger partial charge in [-0.25, -0.2) is 4.98 Å². The van der Waals surface area contributed by atoms with Crippen molar-refractivity contribution < 1.29 is 9.53 Å². The molecule has 1 aromatic carbocycles. The van der Waals surface area contributed by atoms with Gasteiger partial charge in [0.25, 0.3) is 0 Å². The van der Waals surface area contributed by atoms with Gasteiger partial charge >= 0.3 is 0 Å². The SMILES string of the molecule is C[C@@H]1CN(Cc2csc(NC(=O)Cc3ccc(Cl)c(Cl)c3)n2)C[C@H](C)O1. The fourth-order valence-corrected chi connectivity index (χ4v) is 4.12. The van der Waals surface area contributed by atoms with Gasteiger partial charge in [0.2, 0.25) is 5.91 Å². The Kier molecular flexibility index (Phi) is 6.53. The lowest BCUT2D eigenvalue weighted by atomic mass is 10.1. The largest absolute Gasteiger partial charge is 0.373 e. The number of hydrogen-bond acceptors (Lipinski definition) is 5. The first-order valence-corrected chi connectivity index (χ1v) is 10.1. The number of aromatic nitrogens is 1. The molecule has 1 N–H and O–H groups in total. The van der Waals surface area contributed by atoms with E-state index in [9.17, 15) is 4.79 Å². The van der Waals surface area contributed by atoms with E-state index < -0.39 is 0 Å². The first-order chi connectivity index (χ1) is 12.4. The molecule has 0 radical (unpaired) electrons. The Morgan fingerprint density at radius 2 is 2.04 bits per heavy atom. The minimum Gasteiger partial charge on any atom is -0.373 e. The number of nitrogens with one attached hydrogen (secondary N) is 1. The predicted octanol–water partition coefficient (Wildman–Crippen LogP) is 4.24. The molecule has 0 unspecified atom stereocenters. The molecule has 0 aliphatic carbocycles. The summed E-state index contributed by atoms with van der Waals surface area (Å²) < 4.78 is 5.75. The topological polar surface area (TPSA) is 54.5 Å². The van der Waals surface area contributed by atoms with Gasteiger partial charge in [-0.1, -0.05) is 29.3 Å². The maximum Gasteiger partial charge on any atom is 0.230 e. The summed E-state index contributed by atoms with van der Waals surface area (Å²) in [6, 6.07) is 5.19. The molecule has 1 fully saturated rings. The quantitative estimate of drug-likeness (QED) is 0.795. The van der Waals surface area contributed by atoms with Crippen molar-refractivity contribution in [2.45, 2.75) is 39.0 Å². The van der Waals surface area contributed by atoms with E-state index >= 15 is 0 Å². The normalized spacial score (nSPS) is 20.9. The Morgan fingerprint density at radius 3 is 2.73 bits per heavy atom. The summed E-state index contributed by atoms with van der Waals surface area (Å²) in [6.07, 6.45) is 0.676. The molecule has 0 saturated carbocycles. The van der Waals surface area contributed by atoms with Gasteiger partial charge in [-0.15, -0.1) is 11.3 Å². The van der Waals surface area contributed by atoms with Crippen LogP contribution >= 0.6 is 34.5 Å². The van der Waals surface area contributed by atoms with Crippen LogP contribution in [0.3, 0.4) is 0 Å². The van der Waals surface area contributed by atoms with E-state index in [0.717, 1.165) is 30.9 Å². The van der Waals surface area contributed by atoms with E-state index in [4.69, 9.17) is 27.9 Å². The van der Waals surface area contributed by atoms with Gasteiger partial charge in [0.05, 0.1) is 34.4 Å². The number of thiazole rings is 1. The smallest absolute Gasteiger partial charge is 0.230 e. The Hall–Kier alpha value is -1.18. The maximum absolute atomic E-state index is 12.2. The van der Waals surface area contributed by atoms with Crippen molar-refractivity contribution in [3.8, 4) is 0 Å². The molecular weight excluding hydrogens is 393 g/mol. The average Bonchev–Trinajstić information content (AvgIpc) is 2.96. The average molecular weight is 414 g/mol.